The Morgan fingerprint density at radius 2 is 1.71 bits per heavy atom. The Bertz CT molecular complexity index is 511. The van der Waals surface area contributed by atoms with Gasteiger partial charge < -0.3 is 10.5 Å². The molecule has 17 heavy (non-hydrogen) atoms. The zero-order chi connectivity index (χ0) is 12.4. The molecule has 2 rings (SSSR count). The summed E-state index contributed by atoms with van der Waals surface area (Å²) in [6, 6.07) is 7.98. The van der Waals surface area contributed by atoms with Gasteiger partial charge in [0.2, 0.25) is 0 Å². The van der Waals surface area contributed by atoms with Crippen molar-refractivity contribution in [1.82, 2.24) is 0 Å². The van der Waals surface area contributed by atoms with Crippen molar-refractivity contribution in [3.05, 3.63) is 52.5 Å². The minimum atomic E-state index is -0.756. The molecule has 0 aliphatic heterocycles. The minimum absolute atomic E-state index is 0.0446. The van der Waals surface area contributed by atoms with Crippen molar-refractivity contribution >= 4 is 21.6 Å². The van der Waals surface area contributed by atoms with Gasteiger partial charge in [0.15, 0.2) is 11.6 Å². The third-order valence-electron chi connectivity index (χ3n) is 2.07. The molecular weight excluding hydrogens is 292 g/mol. The van der Waals surface area contributed by atoms with Gasteiger partial charge in [-0.05, 0) is 46.3 Å². The quantitative estimate of drug-likeness (QED) is 0.847. The highest BCUT2D eigenvalue weighted by Crippen LogP contribution is 2.32. The second-order valence-corrected chi connectivity index (χ2v) is 4.22. The van der Waals surface area contributed by atoms with Crippen molar-refractivity contribution in [3.63, 3.8) is 0 Å². The van der Waals surface area contributed by atoms with E-state index in [4.69, 9.17) is 10.5 Å². The lowest BCUT2D eigenvalue weighted by Crippen LogP contribution is -1.91. The van der Waals surface area contributed by atoms with Gasteiger partial charge in [-0.1, -0.05) is 0 Å². The van der Waals surface area contributed by atoms with Crippen LogP contribution in [-0.2, 0) is 0 Å². The molecule has 0 saturated heterocycles. The van der Waals surface area contributed by atoms with E-state index in [1.54, 1.807) is 18.2 Å². The van der Waals surface area contributed by atoms with Crippen molar-refractivity contribution in [2.24, 2.45) is 0 Å². The van der Waals surface area contributed by atoms with Crippen LogP contribution in [0.1, 0.15) is 0 Å². The fourth-order valence-corrected chi connectivity index (χ4v) is 1.75. The van der Waals surface area contributed by atoms with E-state index >= 15 is 0 Å². The Balaban J connectivity index is 2.31. The van der Waals surface area contributed by atoms with Crippen molar-refractivity contribution in [1.29, 1.82) is 0 Å². The Labute approximate surface area is 105 Å². The number of hydrogen-bond donors (Lipinski definition) is 1. The lowest BCUT2D eigenvalue weighted by atomic mass is 10.3. The first-order valence-corrected chi connectivity index (χ1v) is 5.53. The van der Waals surface area contributed by atoms with Crippen molar-refractivity contribution in [2.75, 3.05) is 5.73 Å². The average Bonchev–Trinajstić information content (AvgIpc) is 2.25. The summed E-state index contributed by atoms with van der Waals surface area (Å²) in [5.74, 6) is -1.04. The van der Waals surface area contributed by atoms with Gasteiger partial charge in [0.25, 0.3) is 0 Å². The van der Waals surface area contributed by atoms with Crippen LogP contribution in [0.5, 0.6) is 11.5 Å². The molecule has 0 fully saturated rings. The molecule has 0 bridgehead atoms. The van der Waals surface area contributed by atoms with Crippen molar-refractivity contribution in [2.45, 2.75) is 0 Å². The SMILES string of the molecule is Nc1ccc(Oc2ccc(F)cc2F)c(Br)c1. The summed E-state index contributed by atoms with van der Waals surface area (Å²) in [4.78, 5) is 0. The first kappa shape index (κ1) is 11.9. The van der Waals surface area contributed by atoms with Gasteiger partial charge in [-0.3, -0.25) is 0 Å². The molecule has 88 valence electrons. The number of ether oxygens (including phenoxy) is 1. The third kappa shape index (κ3) is 2.74. The minimum Gasteiger partial charge on any atom is -0.453 e. The number of benzene rings is 2. The molecule has 2 aromatic rings. The first-order valence-electron chi connectivity index (χ1n) is 4.74. The zero-order valence-electron chi connectivity index (χ0n) is 8.58. The molecule has 0 aliphatic rings. The topological polar surface area (TPSA) is 35.2 Å². The molecule has 2 aromatic carbocycles. The smallest absolute Gasteiger partial charge is 0.168 e. The fourth-order valence-electron chi connectivity index (χ4n) is 1.28. The second kappa shape index (κ2) is 4.71. The Hall–Kier alpha value is -1.62. The van der Waals surface area contributed by atoms with E-state index in [2.05, 4.69) is 15.9 Å². The molecule has 0 spiro atoms. The normalized spacial score (nSPS) is 10.3. The van der Waals surface area contributed by atoms with E-state index in [1.807, 2.05) is 0 Å². The summed E-state index contributed by atoms with van der Waals surface area (Å²) in [5.41, 5.74) is 6.12. The van der Waals surface area contributed by atoms with Crippen LogP contribution in [0.15, 0.2) is 40.9 Å². The van der Waals surface area contributed by atoms with E-state index in [1.165, 1.54) is 6.07 Å². The van der Waals surface area contributed by atoms with E-state index in [-0.39, 0.29) is 5.75 Å². The maximum absolute atomic E-state index is 13.3. The lowest BCUT2D eigenvalue weighted by Gasteiger charge is -2.09. The van der Waals surface area contributed by atoms with Gasteiger partial charge in [0.1, 0.15) is 11.6 Å². The van der Waals surface area contributed by atoms with Crippen LogP contribution in [-0.4, -0.2) is 0 Å². The van der Waals surface area contributed by atoms with E-state index in [9.17, 15) is 8.78 Å². The third-order valence-corrected chi connectivity index (χ3v) is 2.69. The van der Waals surface area contributed by atoms with Gasteiger partial charge in [-0.15, -0.1) is 0 Å². The highest BCUT2D eigenvalue weighted by atomic mass is 79.9. The molecule has 0 atom stereocenters. The van der Waals surface area contributed by atoms with Crippen molar-refractivity contribution < 1.29 is 13.5 Å². The van der Waals surface area contributed by atoms with Crippen molar-refractivity contribution in [3.8, 4) is 11.5 Å². The predicted octanol–water partition coefficient (Wildman–Crippen LogP) is 4.10. The molecule has 0 saturated carbocycles. The van der Waals surface area contributed by atoms with Crippen LogP contribution in [0.25, 0.3) is 0 Å². The number of hydrogen-bond acceptors (Lipinski definition) is 2. The number of halogens is 3. The molecule has 0 unspecified atom stereocenters. The maximum atomic E-state index is 13.3. The highest BCUT2D eigenvalue weighted by Gasteiger charge is 2.08. The summed E-state index contributed by atoms with van der Waals surface area (Å²) < 4.78 is 31.9. The van der Waals surface area contributed by atoms with Gasteiger partial charge in [0, 0.05) is 11.8 Å². The lowest BCUT2D eigenvalue weighted by molar-refractivity contribution is 0.435. The number of rotatable bonds is 2. The van der Waals surface area contributed by atoms with Gasteiger partial charge >= 0.3 is 0 Å². The molecule has 5 heteroatoms. The predicted molar refractivity (Wildman–Crippen MR) is 65.0 cm³/mol. The van der Waals surface area contributed by atoms with Gasteiger partial charge in [-0.2, -0.15) is 0 Å². The summed E-state index contributed by atoms with van der Waals surface area (Å²) in [6.45, 7) is 0. The average molecular weight is 300 g/mol. The summed E-state index contributed by atoms with van der Waals surface area (Å²) >= 11 is 3.24. The molecular formula is C12H8BrF2NO. The summed E-state index contributed by atoms with van der Waals surface area (Å²) in [5, 5.41) is 0. The molecule has 0 aromatic heterocycles. The van der Waals surface area contributed by atoms with Crippen LogP contribution in [0, 0.1) is 11.6 Å². The van der Waals surface area contributed by atoms with Crippen LogP contribution < -0.4 is 10.5 Å². The van der Waals surface area contributed by atoms with E-state index in [0.717, 1.165) is 12.1 Å². The number of anilines is 1. The number of nitrogen functional groups attached to an aromatic ring is 1. The van der Waals surface area contributed by atoms with Crippen LogP contribution in [0.2, 0.25) is 0 Å². The highest BCUT2D eigenvalue weighted by molar-refractivity contribution is 9.10. The Kier molecular flexibility index (Phi) is 3.28. The standard InChI is InChI=1S/C12H8BrF2NO/c13-9-6-8(16)2-4-11(9)17-12-3-1-7(14)5-10(12)15/h1-6H,16H2. The van der Waals surface area contributed by atoms with E-state index < -0.39 is 11.6 Å². The molecule has 0 amide bonds. The van der Waals surface area contributed by atoms with Crippen LogP contribution in [0.3, 0.4) is 0 Å². The van der Waals surface area contributed by atoms with Crippen LogP contribution in [0.4, 0.5) is 14.5 Å². The molecule has 2 nitrogen and oxygen atoms in total. The van der Waals surface area contributed by atoms with Crippen LogP contribution >= 0.6 is 15.9 Å². The first-order chi connectivity index (χ1) is 8.06. The Morgan fingerprint density at radius 3 is 2.35 bits per heavy atom. The van der Waals surface area contributed by atoms with Gasteiger partial charge in [-0.25, -0.2) is 8.78 Å². The summed E-state index contributed by atoms with van der Waals surface area (Å²) in [7, 11) is 0. The second-order valence-electron chi connectivity index (χ2n) is 3.37. The largest absolute Gasteiger partial charge is 0.453 e. The molecule has 0 radical (unpaired) electrons. The summed E-state index contributed by atoms with van der Waals surface area (Å²) in [6.07, 6.45) is 0. The van der Waals surface area contributed by atoms with Gasteiger partial charge in [0.05, 0.1) is 4.47 Å². The molecule has 2 N–H and O–H groups in total. The zero-order valence-corrected chi connectivity index (χ0v) is 10.2. The fraction of sp³-hybridized carbons (Fsp3) is 0. The van der Waals surface area contributed by atoms with E-state index in [0.29, 0.717) is 15.9 Å². The number of nitrogens with two attached hydrogens (primary N) is 1. The maximum Gasteiger partial charge on any atom is 0.168 e. The molecule has 0 heterocycles. The monoisotopic (exact) mass is 299 g/mol. The molecule has 0 aliphatic carbocycles. The Morgan fingerprint density at radius 1 is 1.00 bits per heavy atom.